The number of hydrogen-bond donors (Lipinski definition) is 4. The number of nitriles is 1. The smallest absolute Gasteiger partial charge is 0.224 e. The Bertz CT molecular complexity index is 595. The van der Waals surface area contributed by atoms with Crippen LogP contribution in [-0.4, -0.2) is 44.5 Å². The van der Waals surface area contributed by atoms with Gasteiger partial charge in [-0.15, -0.1) is 0 Å². The monoisotopic (exact) mass is 331 g/mol. The molecule has 2 aliphatic carbocycles. The molecule has 0 amide bonds. The summed E-state index contributed by atoms with van der Waals surface area (Å²) in [6, 6.07) is 2.51. The van der Waals surface area contributed by atoms with Gasteiger partial charge in [0.05, 0.1) is 18.4 Å². The van der Waals surface area contributed by atoms with Crippen molar-refractivity contribution in [2.45, 2.75) is 75.7 Å². The van der Waals surface area contributed by atoms with Crippen LogP contribution in [0.4, 0.5) is 11.8 Å². The lowest BCUT2D eigenvalue weighted by atomic mass is 9.93. The van der Waals surface area contributed by atoms with Crippen LogP contribution < -0.4 is 10.6 Å². The third-order valence-corrected chi connectivity index (χ3v) is 4.93. The van der Waals surface area contributed by atoms with Crippen LogP contribution in [0.25, 0.3) is 0 Å². The number of hydrogen-bond acceptors (Lipinski definition) is 7. The van der Waals surface area contributed by atoms with Crippen LogP contribution in [0, 0.1) is 11.3 Å². The minimum atomic E-state index is -0.283. The normalized spacial score (nSPS) is 30.4. The van der Waals surface area contributed by atoms with Gasteiger partial charge in [0.2, 0.25) is 5.95 Å². The fourth-order valence-corrected chi connectivity index (χ4v) is 3.53. The van der Waals surface area contributed by atoms with Gasteiger partial charge < -0.3 is 20.8 Å². The van der Waals surface area contributed by atoms with E-state index < -0.39 is 0 Å². The Morgan fingerprint density at radius 3 is 2.50 bits per heavy atom. The second-order valence-corrected chi connectivity index (χ2v) is 6.88. The summed E-state index contributed by atoms with van der Waals surface area (Å²) in [4.78, 5) is 8.71. The van der Waals surface area contributed by atoms with Gasteiger partial charge in [-0.05, 0) is 51.4 Å². The van der Waals surface area contributed by atoms with Crippen molar-refractivity contribution in [2.24, 2.45) is 0 Å². The van der Waals surface area contributed by atoms with Crippen LogP contribution in [0.2, 0.25) is 0 Å². The highest BCUT2D eigenvalue weighted by Crippen LogP contribution is 2.25. The summed E-state index contributed by atoms with van der Waals surface area (Å²) in [7, 11) is 0. The molecular weight excluding hydrogens is 306 g/mol. The number of aliphatic hydroxyl groups excluding tert-OH is 2. The number of aromatic nitrogens is 2. The lowest BCUT2D eigenvalue weighted by Crippen LogP contribution is -2.31. The zero-order valence-electron chi connectivity index (χ0n) is 13.8. The molecule has 0 bridgehead atoms. The molecule has 4 N–H and O–H groups in total. The first kappa shape index (κ1) is 16.9. The maximum absolute atomic E-state index is 9.81. The molecule has 0 spiro atoms. The quantitative estimate of drug-likeness (QED) is 0.665. The third kappa shape index (κ3) is 4.34. The van der Waals surface area contributed by atoms with Crippen molar-refractivity contribution in [3.05, 3.63) is 11.8 Å². The molecule has 1 aromatic heterocycles. The van der Waals surface area contributed by atoms with Crippen LogP contribution in [0.1, 0.15) is 56.9 Å². The molecule has 2 saturated carbocycles. The number of rotatable bonds is 4. The number of nitrogens with zero attached hydrogens (tertiary/aromatic N) is 3. The molecule has 7 nitrogen and oxygen atoms in total. The fourth-order valence-electron chi connectivity index (χ4n) is 3.53. The molecule has 2 atom stereocenters. The lowest BCUT2D eigenvalue weighted by molar-refractivity contribution is 0.124. The predicted octanol–water partition coefficient (Wildman–Crippen LogP) is 1.78. The molecule has 1 aromatic rings. The molecule has 0 radical (unpaired) electrons. The Kier molecular flexibility index (Phi) is 5.48. The molecule has 130 valence electrons. The van der Waals surface area contributed by atoms with Crippen LogP contribution >= 0.6 is 0 Å². The zero-order valence-corrected chi connectivity index (χ0v) is 13.8. The minimum Gasteiger partial charge on any atom is -0.393 e. The van der Waals surface area contributed by atoms with Crippen LogP contribution in [0.3, 0.4) is 0 Å². The van der Waals surface area contributed by atoms with Crippen molar-refractivity contribution in [1.29, 1.82) is 5.26 Å². The standard InChI is InChI=1S/C17H25N5O2/c18-9-11-10-19-17(21-12-4-6-14(23)7-5-12)22-16(11)20-13-2-1-3-15(24)8-13/h10,12-15,23-24H,1-8H2,(H2,19,20,21,22). The summed E-state index contributed by atoms with van der Waals surface area (Å²) >= 11 is 0. The molecule has 3 rings (SSSR count). The van der Waals surface area contributed by atoms with Crippen LogP contribution in [0.15, 0.2) is 6.20 Å². The average Bonchev–Trinajstić information content (AvgIpc) is 2.57. The highest BCUT2D eigenvalue weighted by atomic mass is 16.3. The van der Waals surface area contributed by atoms with Crippen molar-refractivity contribution in [3.8, 4) is 6.07 Å². The summed E-state index contributed by atoms with van der Waals surface area (Å²) in [5, 5.41) is 35.3. The van der Waals surface area contributed by atoms with Gasteiger partial charge in [-0.3, -0.25) is 0 Å². The second-order valence-electron chi connectivity index (χ2n) is 6.88. The Balaban J connectivity index is 1.67. The molecule has 1 heterocycles. The first-order valence-electron chi connectivity index (χ1n) is 8.80. The van der Waals surface area contributed by atoms with Gasteiger partial charge >= 0.3 is 0 Å². The zero-order chi connectivity index (χ0) is 16.9. The van der Waals surface area contributed by atoms with E-state index in [4.69, 9.17) is 0 Å². The van der Waals surface area contributed by atoms with E-state index in [0.29, 0.717) is 23.8 Å². The van der Waals surface area contributed by atoms with Crippen molar-refractivity contribution in [3.63, 3.8) is 0 Å². The van der Waals surface area contributed by atoms with E-state index in [-0.39, 0.29) is 24.3 Å². The van der Waals surface area contributed by atoms with Crippen molar-refractivity contribution >= 4 is 11.8 Å². The summed E-state index contributed by atoms with van der Waals surface area (Å²) in [5.74, 6) is 1.04. The Morgan fingerprint density at radius 1 is 1.00 bits per heavy atom. The van der Waals surface area contributed by atoms with Crippen LogP contribution in [-0.2, 0) is 0 Å². The van der Waals surface area contributed by atoms with E-state index in [2.05, 4.69) is 26.7 Å². The molecule has 0 saturated heterocycles. The van der Waals surface area contributed by atoms with Gasteiger partial charge in [0.25, 0.3) is 0 Å². The number of aliphatic hydroxyl groups is 2. The third-order valence-electron chi connectivity index (χ3n) is 4.93. The second kappa shape index (κ2) is 7.77. The summed E-state index contributed by atoms with van der Waals surface area (Å²) in [6.45, 7) is 0. The van der Waals surface area contributed by atoms with E-state index in [9.17, 15) is 15.5 Å². The SMILES string of the molecule is N#Cc1cnc(NC2CCC(O)CC2)nc1NC1CCCC(O)C1. The van der Waals surface area contributed by atoms with E-state index >= 15 is 0 Å². The first-order valence-corrected chi connectivity index (χ1v) is 8.80. The van der Waals surface area contributed by atoms with Gasteiger partial charge in [0.1, 0.15) is 17.5 Å². The highest BCUT2D eigenvalue weighted by molar-refractivity contribution is 5.54. The van der Waals surface area contributed by atoms with E-state index in [1.54, 1.807) is 0 Å². The maximum Gasteiger partial charge on any atom is 0.224 e. The molecule has 2 unspecified atom stereocenters. The van der Waals surface area contributed by atoms with Crippen molar-refractivity contribution < 1.29 is 10.2 Å². The Labute approximate surface area is 142 Å². The van der Waals surface area contributed by atoms with E-state index in [1.807, 2.05) is 0 Å². The highest BCUT2D eigenvalue weighted by Gasteiger charge is 2.23. The Morgan fingerprint density at radius 2 is 1.79 bits per heavy atom. The number of anilines is 2. The average molecular weight is 331 g/mol. The maximum atomic E-state index is 9.81. The first-order chi connectivity index (χ1) is 11.6. The van der Waals surface area contributed by atoms with Gasteiger partial charge in [-0.25, -0.2) is 4.98 Å². The largest absolute Gasteiger partial charge is 0.393 e. The molecule has 7 heteroatoms. The van der Waals surface area contributed by atoms with Crippen LogP contribution in [0.5, 0.6) is 0 Å². The van der Waals surface area contributed by atoms with Gasteiger partial charge in [-0.2, -0.15) is 10.2 Å². The van der Waals surface area contributed by atoms with Crippen molar-refractivity contribution in [2.75, 3.05) is 10.6 Å². The summed E-state index contributed by atoms with van der Waals surface area (Å²) in [5.41, 5.74) is 0.416. The molecule has 0 aliphatic heterocycles. The molecule has 24 heavy (non-hydrogen) atoms. The summed E-state index contributed by atoms with van der Waals surface area (Å²) in [6.07, 6.45) is 7.88. The molecular formula is C17H25N5O2. The van der Waals surface area contributed by atoms with Gasteiger partial charge in [0.15, 0.2) is 0 Å². The molecule has 2 fully saturated rings. The Hall–Kier alpha value is -1.91. The molecule has 0 aromatic carbocycles. The molecule has 2 aliphatic rings. The topological polar surface area (TPSA) is 114 Å². The number of nitrogens with one attached hydrogen (secondary N) is 2. The van der Waals surface area contributed by atoms with Gasteiger partial charge in [-0.1, -0.05) is 0 Å². The van der Waals surface area contributed by atoms with E-state index in [1.165, 1.54) is 6.20 Å². The summed E-state index contributed by atoms with van der Waals surface area (Å²) < 4.78 is 0. The van der Waals surface area contributed by atoms with Gasteiger partial charge in [0, 0.05) is 12.1 Å². The van der Waals surface area contributed by atoms with E-state index in [0.717, 1.165) is 44.9 Å². The minimum absolute atomic E-state index is 0.133. The lowest BCUT2D eigenvalue weighted by Gasteiger charge is -2.28. The predicted molar refractivity (Wildman–Crippen MR) is 90.5 cm³/mol. The fraction of sp³-hybridized carbons (Fsp3) is 0.706. The van der Waals surface area contributed by atoms with Crippen molar-refractivity contribution in [1.82, 2.24) is 9.97 Å².